The SMILES string of the molecule is C=C(C)C(=O)OCc1cc(C2CCC(C3CCC([Si](C)(C)CCCC)CC3)CC2)cc(COC(=O)CC)c1O. The number of hydrogen-bond donors (Lipinski definition) is 1. The predicted octanol–water partition coefficient (Wildman–Crippen LogP) is 8.81. The van der Waals surface area contributed by atoms with Crippen LogP contribution in [0, 0.1) is 11.8 Å². The molecule has 0 radical (unpaired) electrons. The van der Waals surface area contributed by atoms with Gasteiger partial charge in [-0.25, -0.2) is 4.79 Å². The molecule has 1 N–H and O–H groups in total. The van der Waals surface area contributed by atoms with Crippen LogP contribution in [0.2, 0.25) is 24.7 Å². The van der Waals surface area contributed by atoms with Gasteiger partial charge in [-0.15, -0.1) is 0 Å². The molecule has 0 aliphatic heterocycles. The number of aromatic hydroxyl groups is 1. The molecule has 0 bridgehead atoms. The fourth-order valence-electron chi connectivity index (χ4n) is 6.90. The Morgan fingerprint density at radius 1 is 0.923 bits per heavy atom. The topological polar surface area (TPSA) is 72.8 Å². The monoisotopic (exact) mass is 556 g/mol. The molecular formula is C33H52O5Si. The molecule has 2 fully saturated rings. The van der Waals surface area contributed by atoms with Crippen LogP contribution in [0.3, 0.4) is 0 Å². The third kappa shape index (κ3) is 8.70. The summed E-state index contributed by atoms with van der Waals surface area (Å²) in [6.45, 7) is 14.6. The molecule has 0 saturated heterocycles. The van der Waals surface area contributed by atoms with Gasteiger partial charge in [0.1, 0.15) is 19.0 Å². The van der Waals surface area contributed by atoms with E-state index < -0.39 is 14.0 Å². The number of carbonyl (C=O) groups excluding carboxylic acids is 2. The summed E-state index contributed by atoms with van der Waals surface area (Å²) < 4.78 is 10.7. The van der Waals surface area contributed by atoms with Gasteiger partial charge in [0.05, 0.1) is 8.07 Å². The molecule has 0 unspecified atom stereocenters. The number of carbonyl (C=O) groups is 2. The first-order chi connectivity index (χ1) is 18.6. The Balaban J connectivity index is 1.64. The summed E-state index contributed by atoms with van der Waals surface area (Å²) in [6, 6.07) is 5.46. The Kier molecular flexibility index (Phi) is 11.7. The lowest BCUT2D eigenvalue weighted by molar-refractivity contribution is -0.144. The van der Waals surface area contributed by atoms with Crippen molar-refractivity contribution in [2.24, 2.45) is 11.8 Å². The van der Waals surface area contributed by atoms with E-state index in [2.05, 4.69) is 26.6 Å². The van der Waals surface area contributed by atoms with Crippen molar-refractivity contribution in [1.29, 1.82) is 0 Å². The van der Waals surface area contributed by atoms with Crippen LogP contribution in [0.4, 0.5) is 0 Å². The van der Waals surface area contributed by atoms with Crippen molar-refractivity contribution in [2.45, 2.75) is 135 Å². The lowest BCUT2D eigenvalue weighted by Gasteiger charge is -2.42. The van der Waals surface area contributed by atoms with E-state index in [0.29, 0.717) is 22.6 Å². The van der Waals surface area contributed by atoms with Crippen LogP contribution in [0.1, 0.15) is 114 Å². The third-order valence-electron chi connectivity index (χ3n) is 9.64. The fraction of sp³-hybridized carbons (Fsp3) is 0.697. The molecule has 0 amide bonds. The van der Waals surface area contributed by atoms with Crippen LogP contribution in [0.15, 0.2) is 24.3 Å². The molecule has 0 atom stereocenters. The van der Waals surface area contributed by atoms with E-state index in [1.54, 1.807) is 13.8 Å². The number of ether oxygens (including phenoxy) is 2. The van der Waals surface area contributed by atoms with Crippen LogP contribution >= 0.6 is 0 Å². The van der Waals surface area contributed by atoms with Crippen LogP contribution in [-0.2, 0) is 32.3 Å². The lowest BCUT2D eigenvalue weighted by Crippen LogP contribution is -2.36. The maximum Gasteiger partial charge on any atom is 0.333 e. The fourth-order valence-corrected chi connectivity index (χ4v) is 10.5. The maximum absolute atomic E-state index is 12.0. The highest BCUT2D eigenvalue weighted by molar-refractivity contribution is 6.78. The molecule has 0 aromatic heterocycles. The number of esters is 2. The smallest absolute Gasteiger partial charge is 0.333 e. The molecular weight excluding hydrogens is 504 g/mol. The normalized spacial score (nSPS) is 23.7. The van der Waals surface area contributed by atoms with E-state index in [0.717, 1.165) is 35.8 Å². The summed E-state index contributed by atoms with van der Waals surface area (Å²) >= 11 is 0. The Morgan fingerprint density at radius 3 is 1.97 bits per heavy atom. The highest BCUT2D eigenvalue weighted by Gasteiger charge is 2.37. The summed E-state index contributed by atoms with van der Waals surface area (Å²) in [5, 5.41) is 10.9. The van der Waals surface area contributed by atoms with Gasteiger partial charge in [-0.05, 0) is 73.6 Å². The second-order valence-corrected chi connectivity index (χ2v) is 18.2. The van der Waals surface area contributed by atoms with Gasteiger partial charge in [0.2, 0.25) is 0 Å². The van der Waals surface area contributed by atoms with Crippen molar-refractivity contribution in [1.82, 2.24) is 0 Å². The minimum absolute atomic E-state index is 0.0181. The van der Waals surface area contributed by atoms with E-state index in [1.165, 1.54) is 57.4 Å². The zero-order chi connectivity index (χ0) is 28.6. The lowest BCUT2D eigenvalue weighted by atomic mass is 9.69. The van der Waals surface area contributed by atoms with Gasteiger partial charge < -0.3 is 14.6 Å². The van der Waals surface area contributed by atoms with Crippen molar-refractivity contribution in [3.8, 4) is 5.75 Å². The van der Waals surface area contributed by atoms with Crippen LogP contribution in [0.5, 0.6) is 5.75 Å². The van der Waals surface area contributed by atoms with E-state index in [9.17, 15) is 14.7 Å². The van der Waals surface area contributed by atoms with E-state index in [-0.39, 0.29) is 31.4 Å². The Bertz CT molecular complexity index is 984. The summed E-state index contributed by atoms with van der Waals surface area (Å²) in [7, 11) is -1.10. The molecule has 5 nitrogen and oxygen atoms in total. The number of rotatable bonds is 12. The molecule has 2 aliphatic rings. The Labute approximate surface area is 237 Å². The van der Waals surface area contributed by atoms with Crippen molar-refractivity contribution in [3.05, 3.63) is 41.0 Å². The molecule has 0 heterocycles. The highest BCUT2D eigenvalue weighted by Crippen LogP contribution is 2.48. The highest BCUT2D eigenvalue weighted by atomic mass is 28.3. The zero-order valence-corrected chi connectivity index (χ0v) is 26.2. The predicted molar refractivity (Wildman–Crippen MR) is 160 cm³/mol. The number of phenols is 1. The van der Waals surface area contributed by atoms with Gasteiger partial charge in [-0.1, -0.05) is 78.1 Å². The van der Waals surface area contributed by atoms with Gasteiger partial charge >= 0.3 is 11.9 Å². The first-order valence-electron chi connectivity index (χ1n) is 15.4. The zero-order valence-electron chi connectivity index (χ0n) is 25.2. The standard InChI is InChI=1S/C33H52O5Si/c1-7-9-18-39(5,6)30-16-14-25(15-17-30)24-10-12-26(13-11-24)27-19-28(21-37-31(34)8-2)32(35)29(20-27)22-38-33(36)23(3)4/h19-20,24-26,30,35H,3,7-18,21-22H2,1-2,4-6H3. The summed E-state index contributed by atoms with van der Waals surface area (Å²) in [5.74, 6) is 1.34. The Hall–Kier alpha value is -2.08. The average molecular weight is 557 g/mol. The van der Waals surface area contributed by atoms with Crippen molar-refractivity contribution in [3.63, 3.8) is 0 Å². The van der Waals surface area contributed by atoms with E-state index >= 15 is 0 Å². The average Bonchev–Trinajstić information content (AvgIpc) is 2.94. The molecule has 218 valence electrons. The first-order valence-corrected chi connectivity index (χ1v) is 18.7. The minimum Gasteiger partial charge on any atom is -0.507 e. The van der Waals surface area contributed by atoms with Gasteiger partial charge in [-0.2, -0.15) is 0 Å². The molecule has 6 heteroatoms. The molecule has 39 heavy (non-hydrogen) atoms. The molecule has 2 aliphatic carbocycles. The van der Waals surface area contributed by atoms with Crippen LogP contribution in [0.25, 0.3) is 0 Å². The second-order valence-electron chi connectivity index (χ2n) is 12.9. The van der Waals surface area contributed by atoms with Gasteiger partial charge in [-0.3, -0.25) is 4.79 Å². The first kappa shape index (κ1) is 31.4. The molecule has 0 spiro atoms. The Morgan fingerprint density at radius 2 is 1.46 bits per heavy atom. The molecule has 1 aromatic rings. The number of unbranched alkanes of at least 4 members (excludes halogenated alkanes) is 1. The minimum atomic E-state index is -1.10. The van der Waals surface area contributed by atoms with Crippen LogP contribution in [-0.4, -0.2) is 25.1 Å². The van der Waals surface area contributed by atoms with Gasteiger partial charge in [0.15, 0.2) is 0 Å². The quantitative estimate of drug-likeness (QED) is 0.158. The maximum atomic E-state index is 12.0. The third-order valence-corrected chi connectivity index (χ3v) is 14.1. The van der Waals surface area contributed by atoms with Crippen molar-refractivity contribution < 1.29 is 24.2 Å². The summed E-state index contributed by atoms with van der Waals surface area (Å²) in [4.78, 5) is 23.8. The van der Waals surface area contributed by atoms with Crippen molar-refractivity contribution in [2.75, 3.05) is 0 Å². The van der Waals surface area contributed by atoms with Gasteiger partial charge in [0, 0.05) is 23.1 Å². The van der Waals surface area contributed by atoms with Crippen LogP contribution < -0.4 is 0 Å². The largest absolute Gasteiger partial charge is 0.507 e. The van der Waals surface area contributed by atoms with Gasteiger partial charge in [0.25, 0.3) is 0 Å². The molecule has 3 rings (SSSR count). The summed E-state index contributed by atoms with van der Waals surface area (Å²) in [5.41, 5.74) is 3.60. The van der Waals surface area contributed by atoms with Crippen molar-refractivity contribution >= 4 is 20.0 Å². The van der Waals surface area contributed by atoms with E-state index in [1.807, 2.05) is 12.1 Å². The second kappa shape index (κ2) is 14.5. The number of hydrogen-bond acceptors (Lipinski definition) is 5. The molecule has 1 aromatic carbocycles. The number of benzene rings is 1. The number of phenolic OH excluding ortho intramolecular Hbond substituents is 1. The molecule has 2 saturated carbocycles. The van der Waals surface area contributed by atoms with E-state index in [4.69, 9.17) is 9.47 Å². The summed E-state index contributed by atoms with van der Waals surface area (Å²) in [6.07, 6.45) is 13.5.